The third kappa shape index (κ3) is 4.40. The number of nitrogens with zero attached hydrogens (tertiary/aromatic N) is 4. The number of benzene rings is 1. The minimum atomic E-state index is -4.81. The fraction of sp³-hybridized carbons (Fsp3) is 0.353. The van der Waals surface area contributed by atoms with Crippen LogP contribution in [-0.4, -0.2) is 30.3 Å². The lowest BCUT2D eigenvalue weighted by atomic mass is 9.91. The summed E-state index contributed by atoms with van der Waals surface area (Å²) in [5, 5.41) is 17.0. The monoisotopic (exact) mass is 434 g/mol. The highest BCUT2D eigenvalue weighted by molar-refractivity contribution is 5.50. The van der Waals surface area contributed by atoms with E-state index in [-0.39, 0.29) is 17.3 Å². The van der Waals surface area contributed by atoms with Crippen LogP contribution in [0.15, 0.2) is 30.3 Å². The molecular weight excluding hydrogens is 418 g/mol. The van der Waals surface area contributed by atoms with Gasteiger partial charge in [-0.1, -0.05) is 12.1 Å². The third-order valence-corrected chi connectivity index (χ3v) is 4.19. The Balaban J connectivity index is 2.09. The van der Waals surface area contributed by atoms with Gasteiger partial charge in [0, 0.05) is 6.07 Å². The lowest BCUT2D eigenvalue weighted by Crippen LogP contribution is -2.35. The molecule has 2 heterocycles. The van der Waals surface area contributed by atoms with E-state index in [1.165, 1.54) is 13.8 Å². The molecule has 4 N–H and O–H groups in total. The molecule has 3 aromatic rings. The molecule has 0 unspecified atom stereocenters. The minimum absolute atomic E-state index is 0.196. The van der Waals surface area contributed by atoms with Crippen molar-refractivity contribution in [1.82, 2.24) is 19.6 Å². The SMILES string of the molecule is CC(C)(O)[C@@H](Nc1cc(C(F)(F)F)nc2nc(N)nn12)c1ccc(C(F)(F)F)cc1. The van der Waals surface area contributed by atoms with Crippen LogP contribution in [0.1, 0.15) is 36.7 Å². The van der Waals surface area contributed by atoms with Gasteiger partial charge >= 0.3 is 12.4 Å². The second-order valence-electron chi connectivity index (χ2n) is 7.06. The van der Waals surface area contributed by atoms with Gasteiger partial charge in [0.2, 0.25) is 5.95 Å². The van der Waals surface area contributed by atoms with E-state index in [4.69, 9.17) is 5.73 Å². The average Bonchev–Trinajstić information content (AvgIpc) is 2.97. The first kappa shape index (κ1) is 21.6. The maximum Gasteiger partial charge on any atom is 0.433 e. The van der Waals surface area contributed by atoms with E-state index >= 15 is 0 Å². The normalized spacial score (nSPS) is 14.2. The van der Waals surface area contributed by atoms with E-state index in [1.54, 1.807) is 0 Å². The molecule has 0 saturated carbocycles. The van der Waals surface area contributed by atoms with Gasteiger partial charge in [-0.25, -0.2) is 4.98 Å². The van der Waals surface area contributed by atoms with Gasteiger partial charge in [-0.05, 0) is 31.5 Å². The Labute approximate surface area is 165 Å². The number of alkyl halides is 6. The van der Waals surface area contributed by atoms with E-state index < -0.39 is 41.0 Å². The Kier molecular flexibility index (Phi) is 5.05. The van der Waals surface area contributed by atoms with Crippen LogP contribution in [0.5, 0.6) is 0 Å². The fourth-order valence-corrected chi connectivity index (χ4v) is 2.81. The van der Waals surface area contributed by atoms with Gasteiger partial charge < -0.3 is 16.2 Å². The molecule has 30 heavy (non-hydrogen) atoms. The summed E-state index contributed by atoms with van der Waals surface area (Å²) < 4.78 is 79.0. The Hall–Kier alpha value is -3.09. The molecule has 0 radical (unpaired) electrons. The standard InChI is InChI=1S/C17H16F6N6O/c1-15(2,30)12(8-3-5-9(6-4-8)16(18,19)20)26-11-7-10(17(21,22)23)25-14-27-13(24)28-29(11)14/h3-7,12,26,30H,1-2H3,(H2,24,28)/t12-/m0/s1. The Morgan fingerprint density at radius 2 is 1.60 bits per heavy atom. The van der Waals surface area contributed by atoms with Gasteiger partial charge in [0.05, 0.1) is 17.2 Å². The lowest BCUT2D eigenvalue weighted by Gasteiger charge is -2.31. The van der Waals surface area contributed by atoms with Crippen LogP contribution < -0.4 is 11.1 Å². The van der Waals surface area contributed by atoms with Crippen molar-refractivity contribution < 1.29 is 31.4 Å². The van der Waals surface area contributed by atoms with Crippen LogP contribution >= 0.6 is 0 Å². The van der Waals surface area contributed by atoms with Crippen molar-refractivity contribution in [2.75, 3.05) is 11.1 Å². The average molecular weight is 434 g/mol. The molecule has 0 aliphatic rings. The van der Waals surface area contributed by atoms with Crippen LogP contribution in [0, 0.1) is 0 Å². The topological polar surface area (TPSA) is 101 Å². The van der Waals surface area contributed by atoms with E-state index in [2.05, 4.69) is 20.4 Å². The summed E-state index contributed by atoms with van der Waals surface area (Å²) in [5.41, 5.74) is 1.86. The second-order valence-corrected chi connectivity index (χ2v) is 7.06. The summed E-state index contributed by atoms with van der Waals surface area (Å²) in [6.07, 6.45) is -9.37. The van der Waals surface area contributed by atoms with Crippen LogP contribution in [0.3, 0.4) is 0 Å². The molecule has 0 spiro atoms. The summed E-state index contributed by atoms with van der Waals surface area (Å²) >= 11 is 0. The molecule has 13 heteroatoms. The van der Waals surface area contributed by atoms with Crippen molar-refractivity contribution in [3.8, 4) is 0 Å². The number of hydrogen-bond acceptors (Lipinski definition) is 6. The Morgan fingerprint density at radius 3 is 2.10 bits per heavy atom. The fourth-order valence-electron chi connectivity index (χ4n) is 2.81. The molecule has 0 aliphatic carbocycles. The third-order valence-electron chi connectivity index (χ3n) is 4.19. The Bertz CT molecular complexity index is 1050. The number of halogens is 6. The van der Waals surface area contributed by atoms with Gasteiger partial charge in [0.25, 0.3) is 5.78 Å². The molecule has 162 valence electrons. The molecule has 0 bridgehead atoms. The molecular formula is C17H16F6N6O. The highest BCUT2D eigenvalue weighted by atomic mass is 19.4. The van der Waals surface area contributed by atoms with Crippen molar-refractivity contribution in [2.24, 2.45) is 0 Å². The van der Waals surface area contributed by atoms with Crippen molar-refractivity contribution >= 4 is 17.5 Å². The lowest BCUT2D eigenvalue weighted by molar-refractivity contribution is -0.141. The van der Waals surface area contributed by atoms with E-state index in [0.717, 1.165) is 28.8 Å². The number of anilines is 2. The number of nitrogens with one attached hydrogen (secondary N) is 1. The van der Waals surface area contributed by atoms with Crippen molar-refractivity contribution in [3.05, 3.63) is 47.2 Å². The summed E-state index contributed by atoms with van der Waals surface area (Å²) in [7, 11) is 0. The maximum atomic E-state index is 13.2. The quantitative estimate of drug-likeness (QED) is 0.542. The van der Waals surface area contributed by atoms with E-state index in [0.29, 0.717) is 6.07 Å². The molecule has 3 rings (SSSR count). The first-order valence-electron chi connectivity index (χ1n) is 8.43. The van der Waals surface area contributed by atoms with Crippen molar-refractivity contribution in [3.63, 3.8) is 0 Å². The summed E-state index contributed by atoms with van der Waals surface area (Å²) in [6.45, 7) is 2.70. The molecule has 2 aromatic heterocycles. The highest BCUT2D eigenvalue weighted by Crippen LogP contribution is 2.35. The zero-order valence-electron chi connectivity index (χ0n) is 15.5. The number of aromatic nitrogens is 4. The number of fused-ring (bicyclic) bond motifs is 1. The smallest absolute Gasteiger partial charge is 0.388 e. The number of nitrogen functional groups attached to an aromatic ring is 1. The first-order chi connectivity index (χ1) is 13.7. The van der Waals surface area contributed by atoms with Gasteiger partial charge in [-0.2, -0.15) is 35.8 Å². The van der Waals surface area contributed by atoms with Gasteiger partial charge in [0.15, 0.2) is 5.69 Å². The maximum absolute atomic E-state index is 13.2. The van der Waals surface area contributed by atoms with E-state index in [9.17, 15) is 31.4 Å². The molecule has 0 aliphatic heterocycles. The molecule has 1 atom stereocenters. The predicted molar refractivity (Wildman–Crippen MR) is 94.3 cm³/mol. The van der Waals surface area contributed by atoms with Crippen molar-refractivity contribution in [1.29, 1.82) is 0 Å². The van der Waals surface area contributed by atoms with Crippen LogP contribution in [0.2, 0.25) is 0 Å². The van der Waals surface area contributed by atoms with Crippen LogP contribution in [-0.2, 0) is 12.4 Å². The second kappa shape index (κ2) is 7.00. The largest absolute Gasteiger partial charge is 0.433 e. The Morgan fingerprint density at radius 1 is 1.00 bits per heavy atom. The molecule has 0 amide bonds. The van der Waals surface area contributed by atoms with Crippen molar-refractivity contribution in [2.45, 2.75) is 37.8 Å². The zero-order chi connectivity index (χ0) is 22.5. The first-order valence-corrected chi connectivity index (χ1v) is 8.43. The van der Waals surface area contributed by atoms with Gasteiger partial charge in [0.1, 0.15) is 5.82 Å². The molecule has 0 saturated heterocycles. The highest BCUT2D eigenvalue weighted by Gasteiger charge is 2.36. The summed E-state index contributed by atoms with van der Waals surface area (Å²) in [4.78, 5) is 6.99. The number of rotatable bonds is 4. The van der Waals surface area contributed by atoms with Crippen LogP contribution in [0.4, 0.5) is 38.1 Å². The number of aliphatic hydroxyl groups is 1. The van der Waals surface area contributed by atoms with Gasteiger partial charge in [-0.3, -0.25) is 0 Å². The molecule has 7 nitrogen and oxygen atoms in total. The predicted octanol–water partition coefficient (Wildman–Crippen LogP) is 3.67. The zero-order valence-corrected chi connectivity index (χ0v) is 15.5. The number of hydrogen-bond donors (Lipinski definition) is 3. The van der Waals surface area contributed by atoms with E-state index in [1.807, 2.05) is 0 Å². The van der Waals surface area contributed by atoms with Gasteiger partial charge in [-0.15, -0.1) is 5.10 Å². The summed E-state index contributed by atoms with van der Waals surface area (Å²) in [6, 6.07) is 3.40. The minimum Gasteiger partial charge on any atom is -0.388 e. The number of nitrogens with two attached hydrogens (primary N) is 1. The van der Waals surface area contributed by atoms with Crippen LogP contribution in [0.25, 0.3) is 5.78 Å². The molecule has 1 aromatic carbocycles. The molecule has 0 fully saturated rings. The summed E-state index contributed by atoms with van der Waals surface area (Å²) in [5.74, 6) is -1.03.